The predicted molar refractivity (Wildman–Crippen MR) is 166 cm³/mol. The summed E-state index contributed by atoms with van der Waals surface area (Å²) in [5.41, 5.74) is 9.12. The minimum atomic E-state index is 0.271. The Hall–Kier alpha value is -3.22. The van der Waals surface area contributed by atoms with E-state index in [1.165, 1.54) is 67.2 Å². The lowest BCUT2D eigenvalue weighted by Gasteiger charge is -2.34. The number of hydrogen-bond donors (Lipinski definition) is 1. The van der Waals surface area contributed by atoms with Crippen molar-refractivity contribution in [2.24, 2.45) is 0 Å². The van der Waals surface area contributed by atoms with Crippen LogP contribution in [0.3, 0.4) is 0 Å². The molecule has 3 nitrogen and oxygen atoms in total. The van der Waals surface area contributed by atoms with Gasteiger partial charge in [-0.2, -0.15) is 5.26 Å². The van der Waals surface area contributed by atoms with Crippen molar-refractivity contribution in [3.8, 4) is 17.2 Å². The van der Waals surface area contributed by atoms with Gasteiger partial charge in [-0.1, -0.05) is 82.0 Å². The first kappa shape index (κ1) is 30.3. The molecule has 0 radical (unpaired) electrons. The minimum Gasteiger partial charge on any atom is -0.305 e. The van der Waals surface area contributed by atoms with Crippen molar-refractivity contribution < 1.29 is 0 Å². The third-order valence-electron chi connectivity index (χ3n) is 8.02. The normalized spacial score (nSPS) is 14.7. The van der Waals surface area contributed by atoms with Gasteiger partial charge in [0.1, 0.15) is 0 Å². The highest BCUT2D eigenvalue weighted by Crippen LogP contribution is 2.35. The van der Waals surface area contributed by atoms with E-state index in [9.17, 15) is 5.26 Å². The predicted octanol–water partition coefficient (Wildman–Crippen LogP) is 9.13. The number of nitriles is 1. The summed E-state index contributed by atoms with van der Waals surface area (Å²) in [4.78, 5) is 4.44. The summed E-state index contributed by atoms with van der Waals surface area (Å²) in [6.07, 6.45) is 12.9. The van der Waals surface area contributed by atoms with Gasteiger partial charge in [0, 0.05) is 29.9 Å². The molecule has 0 saturated heterocycles. The van der Waals surface area contributed by atoms with Crippen molar-refractivity contribution >= 4 is 0 Å². The van der Waals surface area contributed by atoms with E-state index in [1.807, 2.05) is 24.4 Å². The molecular formula is C36H47N3. The highest BCUT2D eigenvalue weighted by molar-refractivity contribution is 5.71. The summed E-state index contributed by atoms with van der Waals surface area (Å²) in [6.45, 7) is 15.2. The molecule has 1 saturated carbocycles. The molecule has 0 bridgehead atoms. The van der Waals surface area contributed by atoms with E-state index in [0.717, 1.165) is 29.7 Å². The number of nitrogens with one attached hydrogen (secondary N) is 1. The van der Waals surface area contributed by atoms with Gasteiger partial charge in [-0.15, -0.1) is 0 Å². The van der Waals surface area contributed by atoms with Gasteiger partial charge < -0.3 is 5.32 Å². The monoisotopic (exact) mass is 521 g/mol. The van der Waals surface area contributed by atoms with Crippen LogP contribution in [0.25, 0.3) is 11.1 Å². The maximum atomic E-state index is 9.44. The largest absolute Gasteiger partial charge is 0.305 e. The molecule has 2 aromatic carbocycles. The molecule has 1 heterocycles. The number of rotatable bonds is 10. The lowest BCUT2D eigenvalue weighted by molar-refractivity contribution is 0.331. The van der Waals surface area contributed by atoms with E-state index in [2.05, 4.69) is 94.0 Å². The van der Waals surface area contributed by atoms with E-state index in [1.54, 1.807) is 0 Å². The molecule has 1 aliphatic rings. The topological polar surface area (TPSA) is 48.7 Å². The molecule has 206 valence electrons. The molecule has 1 N–H and O–H groups in total. The van der Waals surface area contributed by atoms with Gasteiger partial charge >= 0.3 is 0 Å². The van der Waals surface area contributed by atoms with E-state index in [4.69, 9.17) is 0 Å². The van der Waals surface area contributed by atoms with Gasteiger partial charge in [0.25, 0.3) is 0 Å². The van der Waals surface area contributed by atoms with Crippen molar-refractivity contribution in [2.45, 2.75) is 104 Å². The Kier molecular flexibility index (Phi) is 11.5. The molecule has 1 atom stereocenters. The summed E-state index contributed by atoms with van der Waals surface area (Å²) in [5, 5.41) is 13.3. The Labute approximate surface area is 237 Å². The fraction of sp³-hybridized carbons (Fsp3) is 0.444. The van der Waals surface area contributed by atoms with Gasteiger partial charge in [-0.25, -0.2) is 0 Å². The average Bonchev–Trinajstić information content (AvgIpc) is 3.42. The number of unbranched alkanes of at least 4 members (excludes halogenated alkanes) is 1. The van der Waals surface area contributed by atoms with E-state index in [0.29, 0.717) is 11.6 Å². The van der Waals surface area contributed by atoms with Gasteiger partial charge in [-0.05, 0) is 98.5 Å². The van der Waals surface area contributed by atoms with E-state index in [-0.39, 0.29) is 5.54 Å². The molecule has 0 aliphatic heterocycles. The smallest absolute Gasteiger partial charge is 0.0998 e. The van der Waals surface area contributed by atoms with Crippen LogP contribution in [0.5, 0.6) is 0 Å². The molecule has 3 aromatic rings. The van der Waals surface area contributed by atoms with Crippen LogP contribution < -0.4 is 5.32 Å². The third-order valence-corrected chi connectivity index (χ3v) is 8.02. The average molecular weight is 522 g/mol. The van der Waals surface area contributed by atoms with Crippen LogP contribution in [-0.4, -0.2) is 16.6 Å². The van der Waals surface area contributed by atoms with Crippen LogP contribution in [0.1, 0.15) is 101 Å². The molecule has 1 unspecified atom stereocenters. The zero-order valence-electron chi connectivity index (χ0n) is 24.8. The van der Waals surface area contributed by atoms with Crippen molar-refractivity contribution in [1.82, 2.24) is 10.3 Å². The molecule has 4 rings (SSSR count). The van der Waals surface area contributed by atoms with Gasteiger partial charge in [-0.3, -0.25) is 4.98 Å². The Morgan fingerprint density at radius 1 is 1.05 bits per heavy atom. The molecule has 1 aliphatic carbocycles. The van der Waals surface area contributed by atoms with Gasteiger partial charge in [0.2, 0.25) is 0 Å². The fourth-order valence-electron chi connectivity index (χ4n) is 5.59. The second kappa shape index (κ2) is 14.8. The first-order valence-corrected chi connectivity index (χ1v) is 14.8. The number of benzene rings is 2. The zero-order chi connectivity index (χ0) is 28.3. The molecular weight excluding hydrogens is 474 g/mol. The number of aryl methyl sites for hydroxylation is 2. The van der Waals surface area contributed by atoms with Crippen LogP contribution in [0, 0.1) is 18.3 Å². The van der Waals surface area contributed by atoms with Crippen molar-refractivity contribution in [3.63, 3.8) is 0 Å². The van der Waals surface area contributed by atoms with Crippen molar-refractivity contribution in [3.05, 3.63) is 101 Å². The lowest BCUT2D eigenvalue weighted by Crippen LogP contribution is -2.48. The molecule has 0 amide bonds. The fourth-order valence-corrected chi connectivity index (χ4v) is 5.59. The Balaban J connectivity index is 0.000000242. The number of nitrogens with zero attached hydrogens (tertiary/aromatic N) is 2. The Morgan fingerprint density at radius 2 is 1.74 bits per heavy atom. The van der Waals surface area contributed by atoms with E-state index < -0.39 is 0 Å². The van der Waals surface area contributed by atoms with Crippen LogP contribution in [-0.2, 0) is 12.8 Å². The summed E-state index contributed by atoms with van der Waals surface area (Å²) >= 11 is 0. The van der Waals surface area contributed by atoms with Crippen molar-refractivity contribution in [2.75, 3.05) is 0 Å². The van der Waals surface area contributed by atoms with Crippen LogP contribution in [0.4, 0.5) is 0 Å². The van der Waals surface area contributed by atoms with Gasteiger partial charge in [0.15, 0.2) is 0 Å². The Bertz CT molecular complexity index is 1240. The molecule has 39 heavy (non-hydrogen) atoms. The third kappa shape index (κ3) is 8.64. The summed E-state index contributed by atoms with van der Waals surface area (Å²) in [6, 6.07) is 21.6. The second-order valence-electron chi connectivity index (χ2n) is 11.3. The SMILES string of the molecule is C=C(C)C1(NC(C)CCCC)CCCC1.CCc1ccc(-c2cc(Cc3cc(C)ccn3)ccc2C#N)cc1. The maximum absolute atomic E-state index is 9.44. The second-order valence-corrected chi connectivity index (χ2v) is 11.3. The summed E-state index contributed by atoms with van der Waals surface area (Å²) < 4.78 is 0. The Morgan fingerprint density at radius 3 is 2.33 bits per heavy atom. The maximum Gasteiger partial charge on any atom is 0.0998 e. The lowest BCUT2D eigenvalue weighted by atomic mass is 9.88. The minimum absolute atomic E-state index is 0.271. The molecule has 3 heteroatoms. The first-order valence-electron chi connectivity index (χ1n) is 14.8. The van der Waals surface area contributed by atoms with Gasteiger partial charge in [0.05, 0.1) is 11.6 Å². The van der Waals surface area contributed by atoms with Crippen LogP contribution in [0.15, 0.2) is 72.9 Å². The molecule has 0 spiro atoms. The van der Waals surface area contributed by atoms with Crippen molar-refractivity contribution in [1.29, 1.82) is 5.26 Å². The highest BCUT2D eigenvalue weighted by atomic mass is 15.0. The van der Waals surface area contributed by atoms with E-state index >= 15 is 0 Å². The molecule has 1 aromatic heterocycles. The zero-order valence-corrected chi connectivity index (χ0v) is 24.8. The first-order chi connectivity index (χ1) is 18.8. The summed E-state index contributed by atoms with van der Waals surface area (Å²) in [5.74, 6) is 0. The quantitative estimate of drug-likeness (QED) is 0.271. The highest BCUT2D eigenvalue weighted by Gasteiger charge is 2.35. The number of aromatic nitrogens is 1. The summed E-state index contributed by atoms with van der Waals surface area (Å²) in [7, 11) is 0. The molecule has 1 fully saturated rings. The standard InChI is InChI=1S/C22H20N2.C14H27N/c1-3-17-4-7-19(8-5-17)22-14-18(6-9-20(22)15-23)13-21-12-16(2)10-11-24-21;1-5-6-9-13(4)15-14(12(2)3)10-7-8-11-14/h4-12,14H,3,13H2,1-2H3;13,15H,2,5-11H2,1,3-4H3. The van der Waals surface area contributed by atoms with Crippen LogP contribution in [0.2, 0.25) is 0 Å². The number of hydrogen-bond acceptors (Lipinski definition) is 3. The number of pyridine rings is 1. The van der Waals surface area contributed by atoms with Crippen LogP contribution >= 0.6 is 0 Å².